The van der Waals surface area contributed by atoms with Crippen molar-refractivity contribution in [1.82, 2.24) is 4.90 Å². The third-order valence-corrected chi connectivity index (χ3v) is 4.28. The molecule has 2 aliphatic rings. The molecule has 1 fully saturated rings. The van der Waals surface area contributed by atoms with Crippen molar-refractivity contribution in [2.45, 2.75) is 26.2 Å². The first-order valence-corrected chi connectivity index (χ1v) is 7.88. The van der Waals surface area contributed by atoms with Gasteiger partial charge in [-0.3, -0.25) is 14.4 Å². The van der Waals surface area contributed by atoms with E-state index in [0.717, 1.165) is 11.3 Å². The maximum atomic E-state index is 12.3. The number of ether oxygens (including phenoxy) is 1. The van der Waals surface area contributed by atoms with Crippen molar-refractivity contribution < 1.29 is 19.1 Å². The molecule has 0 bridgehead atoms. The second kappa shape index (κ2) is 6.40. The fourth-order valence-corrected chi connectivity index (χ4v) is 2.93. The molecule has 2 heterocycles. The summed E-state index contributed by atoms with van der Waals surface area (Å²) in [5.41, 5.74) is 1.76. The molecule has 2 amide bonds. The van der Waals surface area contributed by atoms with E-state index < -0.39 is 0 Å². The van der Waals surface area contributed by atoms with Crippen LogP contribution in [0, 0.1) is 6.92 Å². The monoisotopic (exact) mass is 316 g/mol. The molecule has 0 radical (unpaired) electrons. The van der Waals surface area contributed by atoms with Crippen molar-refractivity contribution in [2.24, 2.45) is 0 Å². The van der Waals surface area contributed by atoms with Gasteiger partial charge >= 0.3 is 0 Å². The third kappa shape index (κ3) is 3.36. The average molecular weight is 316 g/mol. The van der Waals surface area contributed by atoms with E-state index in [-0.39, 0.29) is 30.6 Å². The summed E-state index contributed by atoms with van der Waals surface area (Å²) in [4.78, 5) is 39.0. The number of carbonyl (C=O) groups excluding carboxylic acids is 3. The number of carbonyl (C=O) groups is 3. The molecule has 3 rings (SSSR count). The van der Waals surface area contributed by atoms with Gasteiger partial charge in [0.1, 0.15) is 11.5 Å². The number of likely N-dealkylation sites (tertiary alicyclic amines) is 1. The standard InChI is InChI=1S/C17H20N2O4/c1-12-2-3-15-14(10-12)19(17(22)11-23-15)9-6-16(21)18-7-4-13(20)5-8-18/h2-3,10H,4-9,11H2,1H3. The van der Waals surface area contributed by atoms with Crippen LogP contribution in [0.5, 0.6) is 5.75 Å². The zero-order valence-corrected chi connectivity index (χ0v) is 13.2. The summed E-state index contributed by atoms with van der Waals surface area (Å²) in [5, 5.41) is 0. The summed E-state index contributed by atoms with van der Waals surface area (Å²) in [5.74, 6) is 0.740. The maximum Gasteiger partial charge on any atom is 0.265 e. The van der Waals surface area contributed by atoms with Crippen molar-refractivity contribution in [3.8, 4) is 5.75 Å². The fraction of sp³-hybridized carbons (Fsp3) is 0.471. The Labute approximate surface area is 135 Å². The molecule has 0 aliphatic carbocycles. The van der Waals surface area contributed by atoms with Gasteiger partial charge in [0.05, 0.1) is 5.69 Å². The molecule has 6 heteroatoms. The Hall–Kier alpha value is -2.37. The Morgan fingerprint density at radius 1 is 1.22 bits per heavy atom. The first kappa shape index (κ1) is 15.5. The average Bonchev–Trinajstić information content (AvgIpc) is 2.54. The molecule has 122 valence electrons. The van der Waals surface area contributed by atoms with Gasteiger partial charge in [-0.05, 0) is 24.6 Å². The number of hydrogen-bond acceptors (Lipinski definition) is 4. The molecular weight excluding hydrogens is 296 g/mol. The number of nitrogens with zero attached hydrogens (tertiary/aromatic N) is 2. The largest absolute Gasteiger partial charge is 0.482 e. The van der Waals surface area contributed by atoms with Crippen LogP contribution in [0.2, 0.25) is 0 Å². The van der Waals surface area contributed by atoms with E-state index in [1.165, 1.54) is 0 Å². The van der Waals surface area contributed by atoms with E-state index in [1.807, 2.05) is 25.1 Å². The highest BCUT2D eigenvalue weighted by molar-refractivity contribution is 5.98. The van der Waals surface area contributed by atoms with Crippen LogP contribution < -0.4 is 9.64 Å². The molecule has 2 aliphatic heterocycles. The van der Waals surface area contributed by atoms with Crippen LogP contribution in [0.25, 0.3) is 0 Å². The van der Waals surface area contributed by atoms with Crippen molar-refractivity contribution >= 4 is 23.3 Å². The van der Waals surface area contributed by atoms with Gasteiger partial charge < -0.3 is 14.5 Å². The number of rotatable bonds is 3. The lowest BCUT2D eigenvalue weighted by molar-refractivity contribution is -0.134. The van der Waals surface area contributed by atoms with E-state index in [4.69, 9.17) is 4.74 Å². The molecule has 1 saturated heterocycles. The molecule has 0 aromatic heterocycles. The van der Waals surface area contributed by atoms with Crippen molar-refractivity contribution in [2.75, 3.05) is 31.1 Å². The minimum Gasteiger partial charge on any atom is -0.482 e. The van der Waals surface area contributed by atoms with Crippen LogP contribution in [0.15, 0.2) is 18.2 Å². The summed E-state index contributed by atoms with van der Waals surface area (Å²) in [6, 6.07) is 5.68. The smallest absolute Gasteiger partial charge is 0.265 e. The molecule has 6 nitrogen and oxygen atoms in total. The minimum absolute atomic E-state index is 0.00245. The van der Waals surface area contributed by atoms with E-state index in [1.54, 1.807) is 9.80 Å². The summed E-state index contributed by atoms with van der Waals surface area (Å²) >= 11 is 0. The highest BCUT2D eigenvalue weighted by Gasteiger charge is 2.27. The first-order valence-electron chi connectivity index (χ1n) is 7.88. The van der Waals surface area contributed by atoms with Crippen LogP contribution in [0.4, 0.5) is 5.69 Å². The molecule has 23 heavy (non-hydrogen) atoms. The SMILES string of the molecule is Cc1ccc2c(c1)N(CCC(=O)N1CCC(=O)CC1)C(=O)CO2. The topological polar surface area (TPSA) is 66.9 Å². The number of Topliss-reactive ketones (excluding diaryl/α,β-unsaturated/α-hetero) is 1. The van der Waals surface area contributed by atoms with Gasteiger partial charge in [0.25, 0.3) is 5.91 Å². The number of ketones is 1. The van der Waals surface area contributed by atoms with Crippen molar-refractivity contribution in [1.29, 1.82) is 0 Å². The van der Waals surface area contributed by atoms with Crippen LogP contribution in [0.3, 0.4) is 0 Å². The lowest BCUT2D eigenvalue weighted by Gasteiger charge is -2.31. The molecule has 1 aromatic carbocycles. The quantitative estimate of drug-likeness (QED) is 0.843. The number of anilines is 1. The Balaban J connectivity index is 1.66. The third-order valence-electron chi connectivity index (χ3n) is 4.28. The summed E-state index contributed by atoms with van der Waals surface area (Å²) < 4.78 is 5.43. The van der Waals surface area contributed by atoms with Gasteiger partial charge in [-0.25, -0.2) is 0 Å². The lowest BCUT2D eigenvalue weighted by atomic mass is 10.1. The Kier molecular flexibility index (Phi) is 4.32. The van der Waals surface area contributed by atoms with Crippen LogP contribution in [0.1, 0.15) is 24.8 Å². The van der Waals surface area contributed by atoms with Crippen molar-refractivity contribution in [3.63, 3.8) is 0 Å². The molecule has 0 N–H and O–H groups in total. The number of amides is 2. The molecule has 1 aromatic rings. The normalized spacial score (nSPS) is 17.8. The number of hydrogen-bond donors (Lipinski definition) is 0. The lowest BCUT2D eigenvalue weighted by Crippen LogP contribution is -2.43. The number of benzene rings is 1. The van der Waals surface area contributed by atoms with Crippen LogP contribution >= 0.6 is 0 Å². The number of aryl methyl sites for hydroxylation is 1. The summed E-state index contributed by atoms with van der Waals surface area (Å²) in [7, 11) is 0. The fourth-order valence-electron chi connectivity index (χ4n) is 2.93. The van der Waals surface area contributed by atoms with Gasteiger partial charge in [0, 0.05) is 38.9 Å². The van der Waals surface area contributed by atoms with Gasteiger partial charge in [0.15, 0.2) is 6.61 Å². The first-order chi connectivity index (χ1) is 11.0. The van der Waals surface area contributed by atoms with E-state index in [9.17, 15) is 14.4 Å². The van der Waals surface area contributed by atoms with Crippen molar-refractivity contribution in [3.05, 3.63) is 23.8 Å². The predicted molar refractivity (Wildman–Crippen MR) is 84.5 cm³/mol. The highest BCUT2D eigenvalue weighted by atomic mass is 16.5. The molecule has 0 atom stereocenters. The molecular formula is C17H20N2O4. The molecule has 0 saturated carbocycles. The summed E-state index contributed by atoms with van der Waals surface area (Å²) in [6.07, 6.45) is 1.13. The van der Waals surface area contributed by atoms with Gasteiger partial charge in [-0.2, -0.15) is 0 Å². The second-order valence-corrected chi connectivity index (χ2v) is 5.97. The maximum absolute atomic E-state index is 12.3. The van der Waals surface area contributed by atoms with Crippen LogP contribution in [-0.2, 0) is 14.4 Å². The highest BCUT2D eigenvalue weighted by Crippen LogP contribution is 2.32. The van der Waals surface area contributed by atoms with Gasteiger partial charge in [-0.1, -0.05) is 6.07 Å². The number of fused-ring (bicyclic) bond motifs is 1. The summed E-state index contributed by atoms with van der Waals surface area (Å²) in [6.45, 7) is 3.27. The molecule has 0 spiro atoms. The predicted octanol–water partition coefficient (Wildman–Crippen LogP) is 1.30. The van der Waals surface area contributed by atoms with E-state index in [2.05, 4.69) is 0 Å². The zero-order chi connectivity index (χ0) is 16.4. The number of piperidine rings is 1. The van der Waals surface area contributed by atoms with Gasteiger partial charge in [-0.15, -0.1) is 0 Å². The van der Waals surface area contributed by atoms with E-state index in [0.29, 0.717) is 38.2 Å². The van der Waals surface area contributed by atoms with Gasteiger partial charge in [0.2, 0.25) is 5.91 Å². The molecule has 0 unspecified atom stereocenters. The Bertz CT molecular complexity index is 646. The Morgan fingerprint density at radius 2 is 1.96 bits per heavy atom. The van der Waals surface area contributed by atoms with Crippen LogP contribution in [-0.4, -0.2) is 48.7 Å². The van der Waals surface area contributed by atoms with E-state index >= 15 is 0 Å². The Morgan fingerprint density at radius 3 is 2.70 bits per heavy atom. The minimum atomic E-state index is -0.135. The zero-order valence-electron chi connectivity index (χ0n) is 13.2. The second-order valence-electron chi connectivity index (χ2n) is 5.97.